The molecule has 6 nitrogen and oxygen atoms in total. The van der Waals surface area contributed by atoms with Crippen LogP contribution in [0.15, 0.2) is 22.7 Å². The fraction of sp³-hybridized carbons (Fsp3) is 0.462. The third-order valence-corrected chi connectivity index (χ3v) is 3.98. The molecular weight excluding hydrogens is 326 g/mol. The standard InChI is InChI=1S/C13H16BrN3O3/c14-10-3-4-11(17(19)20)12(7-10)16-5-1-2-9(8-16)6-13(15)18/h3-4,7,9H,1-2,5-6,8H2,(H2,15,18). The molecular formula is C13H16BrN3O3. The summed E-state index contributed by atoms with van der Waals surface area (Å²) in [5.41, 5.74) is 5.92. The number of carbonyl (C=O) groups is 1. The number of carbonyl (C=O) groups excluding carboxylic acids is 1. The summed E-state index contributed by atoms with van der Waals surface area (Å²) in [6.07, 6.45) is 2.17. The molecule has 0 aromatic heterocycles. The van der Waals surface area contributed by atoms with Gasteiger partial charge in [0.1, 0.15) is 5.69 Å². The molecule has 0 bridgehead atoms. The van der Waals surface area contributed by atoms with Gasteiger partial charge in [-0.05, 0) is 30.9 Å². The van der Waals surface area contributed by atoms with Crippen molar-refractivity contribution in [2.75, 3.05) is 18.0 Å². The second-order valence-electron chi connectivity index (χ2n) is 5.01. The predicted molar refractivity (Wildman–Crippen MR) is 79.5 cm³/mol. The molecule has 1 atom stereocenters. The van der Waals surface area contributed by atoms with E-state index < -0.39 is 0 Å². The number of anilines is 1. The molecule has 7 heteroatoms. The first-order chi connectivity index (χ1) is 9.47. The summed E-state index contributed by atoms with van der Waals surface area (Å²) in [5.74, 6) is -0.152. The number of nitro groups is 1. The summed E-state index contributed by atoms with van der Waals surface area (Å²) in [7, 11) is 0. The summed E-state index contributed by atoms with van der Waals surface area (Å²) in [6, 6.07) is 4.91. The molecule has 20 heavy (non-hydrogen) atoms. The van der Waals surface area contributed by atoms with Crippen LogP contribution in [0.3, 0.4) is 0 Å². The topological polar surface area (TPSA) is 89.5 Å². The molecule has 1 amide bonds. The largest absolute Gasteiger partial charge is 0.370 e. The van der Waals surface area contributed by atoms with E-state index in [1.165, 1.54) is 6.07 Å². The average molecular weight is 342 g/mol. The summed E-state index contributed by atoms with van der Waals surface area (Å²) in [4.78, 5) is 23.7. The first kappa shape index (κ1) is 14.8. The highest BCUT2D eigenvalue weighted by atomic mass is 79.9. The Labute approximate surface area is 125 Å². The van der Waals surface area contributed by atoms with Gasteiger partial charge in [0.2, 0.25) is 5.91 Å². The zero-order valence-electron chi connectivity index (χ0n) is 10.9. The number of halogens is 1. The number of nitro benzene ring substituents is 1. The Kier molecular flexibility index (Phi) is 4.59. The van der Waals surface area contributed by atoms with Gasteiger partial charge in [-0.3, -0.25) is 14.9 Å². The third kappa shape index (κ3) is 3.47. The van der Waals surface area contributed by atoms with Crippen molar-refractivity contribution in [3.8, 4) is 0 Å². The van der Waals surface area contributed by atoms with E-state index in [-0.39, 0.29) is 22.4 Å². The molecule has 1 heterocycles. The molecule has 1 aromatic rings. The number of benzene rings is 1. The van der Waals surface area contributed by atoms with Crippen molar-refractivity contribution in [3.63, 3.8) is 0 Å². The molecule has 0 saturated carbocycles. The van der Waals surface area contributed by atoms with Crippen molar-refractivity contribution >= 4 is 33.2 Å². The van der Waals surface area contributed by atoms with Gasteiger partial charge in [0.25, 0.3) is 5.69 Å². The lowest BCUT2D eigenvalue weighted by molar-refractivity contribution is -0.384. The second-order valence-corrected chi connectivity index (χ2v) is 5.93. The number of nitrogens with zero attached hydrogens (tertiary/aromatic N) is 2. The van der Waals surface area contributed by atoms with Crippen LogP contribution in [-0.2, 0) is 4.79 Å². The van der Waals surface area contributed by atoms with Crippen LogP contribution < -0.4 is 10.6 Å². The van der Waals surface area contributed by atoms with Gasteiger partial charge in [-0.15, -0.1) is 0 Å². The smallest absolute Gasteiger partial charge is 0.292 e. The molecule has 1 aliphatic rings. The van der Waals surface area contributed by atoms with Crippen molar-refractivity contribution in [1.82, 2.24) is 0 Å². The van der Waals surface area contributed by atoms with Crippen LogP contribution in [0.2, 0.25) is 0 Å². The molecule has 0 radical (unpaired) electrons. The zero-order valence-corrected chi connectivity index (χ0v) is 12.5. The average Bonchev–Trinajstić information content (AvgIpc) is 2.37. The van der Waals surface area contributed by atoms with E-state index in [2.05, 4.69) is 15.9 Å². The minimum Gasteiger partial charge on any atom is -0.370 e. The van der Waals surface area contributed by atoms with Crippen LogP contribution in [0.1, 0.15) is 19.3 Å². The summed E-state index contributed by atoms with van der Waals surface area (Å²) in [5, 5.41) is 11.1. The van der Waals surface area contributed by atoms with Crippen LogP contribution in [0.25, 0.3) is 0 Å². The maximum absolute atomic E-state index is 11.1. The predicted octanol–water partition coefficient (Wildman–Crippen LogP) is 2.45. The minimum absolute atomic E-state index is 0.0907. The zero-order chi connectivity index (χ0) is 14.7. The van der Waals surface area contributed by atoms with E-state index in [1.807, 2.05) is 4.90 Å². The highest BCUT2D eigenvalue weighted by Gasteiger charge is 2.26. The van der Waals surface area contributed by atoms with E-state index in [4.69, 9.17) is 5.73 Å². The molecule has 1 unspecified atom stereocenters. The van der Waals surface area contributed by atoms with E-state index in [0.29, 0.717) is 18.7 Å². The lowest BCUT2D eigenvalue weighted by Gasteiger charge is -2.33. The van der Waals surface area contributed by atoms with Crippen LogP contribution >= 0.6 is 15.9 Å². The fourth-order valence-electron chi connectivity index (χ4n) is 2.64. The van der Waals surface area contributed by atoms with Gasteiger partial charge in [0.05, 0.1) is 4.92 Å². The maximum atomic E-state index is 11.1. The quantitative estimate of drug-likeness (QED) is 0.672. The Balaban J connectivity index is 2.24. The molecule has 1 fully saturated rings. The first-order valence-electron chi connectivity index (χ1n) is 6.44. The lowest BCUT2D eigenvalue weighted by Crippen LogP contribution is -2.37. The molecule has 0 aliphatic carbocycles. The fourth-order valence-corrected chi connectivity index (χ4v) is 2.99. The van der Waals surface area contributed by atoms with Crippen molar-refractivity contribution in [3.05, 3.63) is 32.8 Å². The summed E-state index contributed by atoms with van der Waals surface area (Å²) < 4.78 is 0.801. The number of piperidine rings is 1. The Hall–Kier alpha value is -1.63. The van der Waals surface area contributed by atoms with Crippen LogP contribution in [0.4, 0.5) is 11.4 Å². The molecule has 108 valence electrons. The van der Waals surface area contributed by atoms with E-state index in [9.17, 15) is 14.9 Å². The van der Waals surface area contributed by atoms with Gasteiger partial charge >= 0.3 is 0 Å². The van der Waals surface area contributed by atoms with Crippen LogP contribution in [-0.4, -0.2) is 23.9 Å². The van der Waals surface area contributed by atoms with Crippen molar-refractivity contribution in [2.24, 2.45) is 11.7 Å². The number of hydrogen-bond acceptors (Lipinski definition) is 4. The van der Waals surface area contributed by atoms with Gasteiger partial charge in [0, 0.05) is 30.0 Å². The number of primary amides is 1. The van der Waals surface area contributed by atoms with E-state index in [0.717, 1.165) is 23.9 Å². The Morgan fingerprint density at radius 2 is 2.30 bits per heavy atom. The minimum atomic E-state index is -0.376. The number of nitrogens with two attached hydrogens (primary N) is 1. The molecule has 1 saturated heterocycles. The van der Waals surface area contributed by atoms with Gasteiger partial charge in [-0.1, -0.05) is 15.9 Å². The van der Waals surface area contributed by atoms with Crippen LogP contribution in [0, 0.1) is 16.0 Å². The first-order valence-corrected chi connectivity index (χ1v) is 7.24. The Morgan fingerprint density at radius 3 is 2.95 bits per heavy atom. The summed E-state index contributed by atoms with van der Waals surface area (Å²) in [6.45, 7) is 1.38. The van der Waals surface area contributed by atoms with Crippen molar-refractivity contribution < 1.29 is 9.72 Å². The highest BCUT2D eigenvalue weighted by Crippen LogP contribution is 2.34. The lowest BCUT2D eigenvalue weighted by atomic mass is 9.94. The maximum Gasteiger partial charge on any atom is 0.292 e. The molecule has 1 aromatic carbocycles. The van der Waals surface area contributed by atoms with Gasteiger partial charge in [0.15, 0.2) is 0 Å². The molecule has 2 rings (SSSR count). The van der Waals surface area contributed by atoms with E-state index >= 15 is 0 Å². The monoisotopic (exact) mass is 341 g/mol. The van der Waals surface area contributed by atoms with E-state index in [1.54, 1.807) is 12.1 Å². The second kappa shape index (κ2) is 6.21. The number of amides is 1. The van der Waals surface area contributed by atoms with Crippen LogP contribution in [0.5, 0.6) is 0 Å². The number of hydrogen-bond donors (Lipinski definition) is 1. The van der Waals surface area contributed by atoms with Gasteiger partial charge in [-0.2, -0.15) is 0 Å². The van der Waals surface area contributed by atoms with Crippen molar-refractivity contribution in [2.45, 2.75) is 19.3 Å². The van der Waals surface area contributed by atoms with Crippen molar-refractivity contribution in [1.29, 1.82) is 0 Å². The SMILES string of the molecule is NC(=O)CC1CCCN(c2cc(Br)ccc2[N+](=O)[O-])C1. The highest BCUT2D eigenvalue weighted by molar-refractivity contribution is 9.10. The van der Waals surface area contributed by atoms with Gasteiger partial charge < -0.3 is 10.6 Å². The number of rotatable bonds is 4. The molecule has 0 spiro atoms. The molecule has 1 aliphatic heterocycles. The van der Waals surface area contributed by atoms with Gasteiger partial charge in [-0.25, -0.2) is 0 Å². The Morgan fingerprint density at radius 1 is 1.55 bits per heavy atom. The molecule has 2 N–H and O–H groups in total. The normalized spacial score (nSPS) is 18.9. The Bertz CT molecular complexity index is 536. The third-order valence-electron chi connectivity index (χ3n) is 3.48. The summed E-state index contributed by atoms with van der Waals surface area (Å²) >= 11 is 3.34.